The molecule has 1 unspecified atom stereocenters. The first-order valence-corrected chi connectivity index (χ1v) is 20.1. The van der Waals surface area contributed by atoms with Gasteiger partial charge in [0.15, 0.2) is 4.88 Å². The monoisotopic (exact) mass is 681 g/mol. The number of hydrogen-bond donors (Lipinski definition) is 1. The highest BCUT2D eigenvalue weighted by Crippen LogP contribution is 2.51. The number of carbonyl (C=O) groups excluding carboxylic acids is 2. The highest BCUT2D eigenvalue weighted by atomic mass is 32.2. The zero-order valence-corrected chi connectivity index (χ0v) is 30.8. The fourth-order valence-corrected chi connectivity index (χ4v) is 8.65. The Morgan fingerprint density at radius 1 is 0.792 bits per heavy atom. The van der Waals surface area contributed by atoms with Crippen molar-refractivity contribution in [2.75, 3.05) is 50.2 Å². The fraction of sp³-hybridized carbons (Fsp3) is 0.667. The summed E-state index contributed by atoms with van der Waals surface area (Å²) in [6.45, 7) is 7.60. The molecule has 0 bridgehead atoms. The summed E-state index contributed by atoms with van der Waals surface area (Å²) >= 11 is 0. The summed E-state index contributed by atoms with van der Waals surface area (Å²) in [4.78, 5) is 36.3. The summed E-state index contributed by atoms with van der Waals surface area (Å²) in [6.07, 6.45) is 24.4. The summed E-state index contributed by atoms with van der Waals surface area (Å²) in [5.41, 5.74) is 3.68. The van der Waals surface area contributed by atoms with E-state index in [-0.39, 0.29) is 12.8 Å². The molecule has 1 N–H and O–H groups in total. The van der Waals surface area contributed by atoms with Crippen LogP contribution in [0.1, 0.15) is 133 Å². The van der Waals surface area contributed by atoms with Crippen molar-refractivity contribution in [2.24, 2.45) is 4.99 Å². The summed E-state index contributed by atoms with van der Waals surface area (Å²) in [5.74, 6) is -0.308. The average Bonchev–Trinajstić information content (AvgIpc) is 3.22. The average molecular weight is 682 g/mol. The molecule has 0 saturated carbocycles. The number of piperazine rings is 1. The predicted octanol–water partition coefficient (Wildman–Crippen LogP) is 10.8. The number of unbranched alkanes of at least 4 members (excludes halogenated alkanes) is 16. The minimum atomic E-state index is -0.974. The van der Waals surface area contributed by atoms with E-state index in [9.17, 15) is 9.59 Å². The van der Waals surface area contributed by atoms with Gasteiger partial charge in [-0.15, -0.1) is 0 Å². The highest BCUT2D eigenvalue weighted by Gasteiger charge is 2.40. The normalized spacial score (nSPS) is 14.6. The quantitative estimate of drug-likeness (QED) is 0.0489. The number of para-hydroxylation sites is 2. The van der Waals surface area contributed by atoms with E-state index < -0.39 is 15.8 Å². The Balaban J connectivity index is 1.12. The zero-order chi connectivity index (χ0) is 34.0. The Labute approximate surface area is 292 Å². The van der Waals surface area contributed by atoms with Gasteiger partial charge in [-0.2, -0.15) is 4.79 Å². The van der Waals surface area contributed by atoms with Crippen molar-refractivity contribution in [3.63, 3.8) is 0 Å². The summed E-state index contributed by atoms with van der Waals surface area (Å²) in [6, 6.07) is 7.85. The molecule has 1 atom stereocenters. The second-order valence-corrected chi connectivity index (χ2v) is 15.5. The van der Waals surface area contributed by atoms with Crippen LogP contribution in [-0.4, -0.2) is 62.4 Å². The molecule has 9 heteroatoms. The van der Waals surface area contributed by atoms with Crippen LogP contribution in [0.2, 0.25) is 0 Å². The first-order chi connectivity index (χ1) is 23.5. The first-order valence-electron chi connectivity index (χ1n) is 18.9. The molecule has 1 fully saturated rings. The van der Waals surface area contributed by atoms with Crippen LogP contribution in [0.4, 0.5) is 26.9 Å². The maximum absolute atomic E-state index is 13.5. The van der Waals surface area contributed by atoms with Gasteiger partial charge < -0.3 is 24.6 Å². The number of esters is 1. The van der Waals surface area contributed by atoms with Crippen LogP contribution in [0.25, 0.3) is 0 Å². The van der Waals surface area contributed by atoms with Crippen molar-refractivity contribution >= 4 is 50.0 Å². The number of likely N-dealkylation sites (N-methyl/N-ethyl adjacent to an activating group) is 1. The predicted molar refractivity (Wildman–Crippen MR) is 202 cm³/mol. The largest absolute Gasteiger partial charge is 0.559 e. The van der Waals surface area contributed by atoms with Crippen LogP contribution >= 0.6 is 10.5 Å². The standard InChI is InChI=1S/C39H61N4O4S/c1-4-5-6-7-8-9-10-11-12-13-14-15-16-17-18-19-20-25-36(44)46-31-47-39(45)48-32(2)37(43-28-26-42(3)27-29-43)33-30-40-34-23-21-22-24-35(34)41-38(33)48/h21-24,30,41H,4-20,25-29,31H2,1-3H3/q+1. The van der Waals surface area contributed by atoms with Crippen molar-refractivity contribution < 1.29 is 19.1 Å². The molecule has 48 heavy (non-hydrogen) atoms. The van der Waals surface area contributed by atoms with E-state index in [1.165, 1.54) is 89.9 Å². The Kier molecular flexibility index (Phi) is 16.8. The number of thiophene rings is 1. The van der Waals surface area contributed by atoms with Gasteiger partial charge in [-0.1, -0.05) is 122 Å². The molecule has 3 heterocycles. The molecule has 1 aromatic carbocycles. The van der Waals surface area contributed by atoms with Gasteiger partial charge in [0.05, 0.1) is 11.4 Å². The summed E-state index contributed by atoms with van der Waals surface area (Å²) in [7, 11) is 1.16. The second-order valence-electron chi connectivity index (χ2n) is 13.6. The number of benzene rings is 1. The van der Waals surface area contributed by atoms with Gasteiger partial charge in [0.25, 0.3) is 5.00 Å². The number of anilines is 3. The van der Waals surface area contributed by atoms with E-state index in [4.69, 9.17) is 14.5 Å². The van der Waals surface area contributed by atoms with E-state index >= 15 is 0 Å². The molecule has 1 saturated heterocycles. The molecule has 1 aromatic heterocycles. The summed E-state index contributed by atoms with van der Waals surface area (Å²) in [5, 5.41) is 3.92. The lowest BCUT2D eigenvalue weighted by Crippen LogP contribution is -2.44. The molecular weight excluding hydrogens is 621 g/mol. The summed E-state index contributed by atoms with van der Waals surface area (Å²) < 4.78 is 10.9. The van der Waals surface area contributed by atoms with Crippen LogP contribution in [0, 0.1) is 6.92 Å². The SMILES string of the molecule is CCCCCCCCCCCCCCCCCCCC(=O)OCOC(=O)[s+]1c(C)c(N2CCN(C)CC2)c2c1Nc1ccccc1N=C2. The highest BCUT2D eigenvalue weighted by molar-refractivity contribution is 7.54. The number of nitrogens with one attached hydrogen (secondary N) is 1. The van der Waals surface area contributed by atoms with Crippen molar-refractivity contribution in [1.29, 1.82) is 0 Å². The number of carbonyl (C=O) groups is 2. The van der Waals surface area contributed by atoms with Gasteiger partial charge in [-0.25, -0.2) is 0 Å². The molecule has 0 amide bonds. The lowest BCUT2D eigenvalue weighted by molar-refractivity contribution is -0.151. The number of rotatable bonds is 22. The maximum Gasteiger partial charge on any atom is 0.559 e. The number of fused-ring (bicyclic) bond motifs is 2. The van der Waals surface area contributed by atoms with Gasteiger partial charge >= 0.3 is 11.3 Å². The van der Waals surface area contributed by atoms with Crippen molar-refractivity contribution in [3.8, 4) is 0 Å². The van der Waals surface area contributed by atoms with Crippen LogP contribution in [0.5, 0.6) is 0 Å². The van der Waals surface area contributed by atoms with E-state index in [2.05, 4.69) is 29.1 Å². The zero-order valence-electron chi connectivity index (χ0n) is 30.0. The van der Waals surface area contributed by atoms with Gasteiger partial charge in [-0.3, -0.25) is 9.79 Å². The first kappa shape index (κ1) is 37.9. The Bertz CT molecular complexity index is 1300. The van der Waals surface area contributed by atoms with Gasteiger partial charge in [0.2, 0.25) is 6.79 Å². The molecule has 0 aliphatic carbocycles. The van der Waals surface area contributed by atoms with Crippen molar-refractivity contribution in [1.82, 2.24) is 4.90 Å². The van der Waals surface area contributed by atoms with E-state index in [1.54, 1.807) is 0 Å². The Hall–Kier alpha value is -2.91. The number of aliphatic imine (C=N–C) groups is 1. The molecule has 8 nitrogen and oxygen atoms in total. The van der Waals surface area contributed by atoms with E-state index in [0.717, 1.165) is 77.9 Å². The third-order valence-electron chi connectivity index (χ3n) is 9.70. The van der Waals surface area contributed by atoms with E-state index in [1.807, 2.05) is 37.4 Å². The number of nitrogens with zero attached hydrogens (tertiary/aromatic N) is 3. The molecule has 4 rings (SSSR count). The second kappa shape index (κ2) is 21.2. The molecule has 0 spiro atoms. The third-order valence-corrected chi connectivity index (χ3v) is 11.7. The number of hydrogen-bond acceptors (Lipinski definition) is 8. The Morgan fingerprint density at radius 3 is 1.96 bits per heavy atom. The molecule has 2 aliphatic rings. The maximum atomic E-state index is 13.5. The van der Waals surface area contributed by atoms with Gasteiger partial charge in [0.1, 0.15) is 21.7 Å². The Morgan fingerprint density at radius 2 is 1.35 bits per heavy atom. The van der Waals surface area contributed by atoms with Crippen LogP contribution in [-0.2, 0) is 14.3 Å². The minimum Gasteiger partial charge on any atom is -0.428 e. The third kappa shape index (κ3) is 11.9. The topological polar surface area (TPSA) is 83.5 Å². The molecule has 266 valence electrons. The molecular formula is C39H61N4O4S+. The van der Waals surface area contributed by atoms with Gasteiger partial charge in [0, 0.05) is 45.7 Å². The fourth-order valence-electron chi connectivity index (χ4n) is 6.74. The van der Waals surface area contributed by atoms with Crippen LogP contribution in [0.3, 0.4) is 0 Å². The van der Waals surface area contributed by atoms with E-state index in [0.29, 0.717) is 6.42 Å². The number of ether oxygens (including phenoxy) is 2. The lowest BCUT2D eigenvalue weighted by atomic mass is 10.0. The van der Waals surface area contributed by atoms with Crippen molar-refractivity contribution in [3.05, 3.63) is 34.7 Å². The molecule has 2 aromatic rings. The lowest BCUT2D eigenvalue weighted by Gasteiger charge is -2.33. The van der Waals surface area contributed by atoms with Crippen molar-refractivity contribution in [2.45, 2.75) is 129 Å². The minimum absolute atomic E-state index is 0.308. The van der Waals surface area contributed by atoms with Crippen LogP contribution < -0.4 is 10.2 Å². The van der Waals surface area contributed by atoms with Gasteiger partial charge in [-0.05, 0) is 25.6 Å². The molecule has 2 aliphatic heterocycles. The molecule has 0 radical (unpaired) electrons. The van der Waals surface area contributed by atoms with Crippen LogP contribution in [0.15, 0.2) is 29.3 Å². The smallest absolute Gasteiger partial charge is 0.428 e.